The molecule has 0 aromatic carbocycles. The Hall–Kier alpha value is -0.480. The Balaban J connectivity index is 2.91. The van der Waals surface area contributed by atoms with E-state index in [2.05, 4.69) is 42.0 Å². The Morgan fingerprint density at radius 3 is 2.71 bits per heavy atom. The molecule has 1 heterocycles. The summed E-state index contributed by atoms with van der Waals surface area (Å²) < 4.78 is 0. The second-order valence-electron chi connectivity index (χ2n) is 4.26. The van der Waals surface area contributed by atoms with Gasteiger partial charge in [0.1, 0.15) is 5.82 Å². The molecule has 1 aromatic heterocycles. The molecule has 0 aliphatic carbocycles. The van der Waals surface area contributed by atoms with E-state index >= 15 is 0 Å². The van der Waals surface area contributed by atoms with E-state index in [1.165, 1.54) is 0 Å². The van der Waals surface area contributed by atoms with Gasteiger partial charge in [0.2, 0.25) is 0 Å². The fraction of sp³-hybridized carbons (Fsp3) is 0.667. The van der Waals surface area contributed by atoms with Crippen LogP contribution < -0.4 is 4.90 Å². The molecule has 0 atom stereocenters. The molecule has 96 valence electrons. The average molecular weight is 274 g/mol. The van der Waals surface area contributed by atoms with Crippen molar-refractivity contribution in [2.45, 2.75) is 25.6 Å². The van der Waals surface area contributed by atoms with E-state index in [0.29, 0.717) is 11.8 Å². The van der Waals surface area contributed by atoms with E-state index < -0.39 is 0 Å². The Morgan fingerprint density at radius 1 is 1.47 bits per heavy atom. The summed E-state index contributed by atoms with van der Waals surface area (Å²) in [6.45, 7) is 5.16. The highest BCUT2D eigenvalue weighted by atomic mass is 35.5. The summed E-state index contributed by atoms with van der Waals surface area (Å²) in [5.41, 5.74) is 1.97. The summed E-state index contributed by atoms with van der Waals surface area (Å²) in [6.07, 6.45) is 4.00. The number of aromatic nitrogens is 2. The molecule has 0 fully saturated rings. The lowest BCUT2D eigenvalue weighted by molar-refractivity contribution is 0.760. The first-order valence-electron chi connectivity index (χ1n) is 5.72. The number of halogens is 1. The van der Waals surface area contributed by atoms with Gasteiger partial charge in [-0.2, -0.15) is 11.8 Å². The quantitative estimate of drug-likeness (QED) is 0.745. The minimum Gasteiger partial charge on any atom is -0.371 e. The molecule has 0 saturated heterocycles. The zero-order valence-corrected chi connectivity index (χ0v) is 12.5. The van der Waals surface area contributed by atoms with Gasteiger partial charge < -0.3 is 4.90 Å². The third-order valence-corrected chi connectivity index (χ3v) is 3.39. The van der Waals surface area contributed by atoms with E-state index in [1.807, 2.05) is 18.0 Å². The number of rotatable bonds is 6. The van der Waals surface area contributed by atoms with Crippen LogP contribution in [0.5, 0.6) is 0 Å². The van der Waals surface area contributed by atoms with Gasteiger partial charge in [0.05, 0.1) is 23.5 Å². The van der Waals surface area contributed by atoms with Crippen LogP contribution in [0.3, 0.4) is 0 Å². The molecule has 0 radical (unpaired) electrons. The smallest absolute Gasteiger partial charge is 0.131 e. The van der Waals surface area contributed by atoms with Crippen LogP contribution in [0.4, 0.5) is 5.69 Å². The first-order chi connectivity index (χ1) is 8.10. The summed E-state index contributed by atoms with van der Waals surface area (Å²) >= 11 is 7.80. The topological polar surface area (TPSA) is 29.0 Å². The Labute approximate surface area is 113 Å². The molecular formula is C12H20ClN3S. The molecule has 3 nitrogen and oxygen atoms in total. The molecule has 5 heteroatoms. The highest BCUT2D eigenvalue weighted by Crippen LogP contribution is 2.21. The molecule has 0 aliphatic rings. The molecule has 0 bridgehead atoms. The van der Waals surface area contributed by atoms with Gasteiger partial charge >= 0.3 is 0 Å². The van der Waals surface area contributed by atoms with Crippen LogP contribution >= 0.6 is 23.4 Å². The third kappa shape index (κ3) is 4.03. The van der Waals surface area contributed by atoms with Crippen molar-refractivity contribution in [2.24, 2.45) is 0 Å². The molecule has 0 unspecified atom stereocenters. The second kappa shape index (κ2) is 7.07. The van der Waals surface area contributed by atoms with Crippen molar-refractivity contribution in [1.29, 1.82) is 0 Å². The molecule has 1 rings (SSSR count). The molecule has 0 N–H and O–H groups in total. The van der Waals surface area contributed by atoms with E-state index in [0.717, 1.165) is 29.5 Å². The first-order valence-corrected chi connectivity index (χ1v) is 7.64. The maximum atomic E-state index is 5.96. The zero-order chi connectivity index (χ0) is 12.8. The van der Waals surface area contributed by atoms with Crippen LogP contribution in [-0.2, 0) is 5.88 Å². The Kier molecular flexibility index (Phi) is 6.06. The van der Waals surface area contributed by atoms with Crippen molar-refractivity contribution in [1.82, 2.24) is 9.97 Å². The van der Waals surface area contributed by atoms with Crippen molar-refractivity contribution >= 4 is 29.1 Å². The maximum Gasteiger partial charge on any atom is 0.131 e. The van der Waals surface area contributed by atoms with Crippen LogP contribution in [0, 0.1) is 0 Å². The number of anilines is 1. The molecule has 0 saturated carbocycles. The van der Waals surface area contributed by atoms with Crippen molar-refractivity contribution in [3.63, 3.8) is 0 Å². The predicted molar refractivity (Wildman–Crippen MR) is 77.3 cm³/mol. The SMILES string of the molecule is CSCCN(C)c1cnc(C(C)C)nc1CCl. The minimum atomic E-state index is 0.336. The molecule has 0 spiro atoms. The summed E-state index contributed by atoms with van der Waals surface area (Å²) in [4.78, 5) is 11.1. The number of alkyl halides is 1. The Bertz CT molecular complexity index is 358. The van der Waals surface area contributed by atoms with Crippen LogP contribution in [0.1, 0.15) is 31.3 Å². The van der Waals surface area contributed by atoms with Gasteiger partial charge in [-0.15, -0.1) is 11.6 Å². The fourth-order valence-corrected chi connectivity index (χ4v) is 2.12. The van der Waals surface area contributed by atoms with E-state index in [4.69, 9.17) is 11.6 Å². The van der Waals surface area contributed by atoms with E-state index in [-0.39, 0.29) is 0 Å². The second-order valence-corrected chi connectivity index (χ2v) is 5.52. The first kappa shape index (κ1) is 14.6. The van der Waals surface area contributed by atoms with Gasteiger partial charge in [-0.1, -0.05) is 13.8 Å². The monoisotopic (exact) mass is 273 g/mol. The highest BCUT2D eigenvalue weighted by Gasteiger charge is 2.11. The Morgan fingerprint density at radius 2 is 2.18 bits per heavy atom. The van der Waals surface area contributed by atoms with Crippen LogP contribution in [0.25, 0.3) is 0 Å². The molecule has 1 aromatic rings. The molecule has 17 heavy (non-hydrogen) atoms. The summed E-state index contributed by atoms with van der Waals surface area (Å²) in [5, 5.41) is 0. The minimum absolute atomic E-state index is 0.336. The predicted octanol–water partition coefficient (Wildman–Crippen LogP) is 3.14. The maximum absolute atomic E-state index is 5.96. The summed E-state index contributed by atoms with van der Waals surface area (Å²) in [7, 11) is 2.06. The normalized spacial score (nSPS) is 10.9. The molecular weight excluding hydrogens is 254 g/mol. The standard InChI is InChI=1S/C12H20ClN3S/c1-9(2)12-14-8-11(10(7-13)15-12)16(3)5-6-17-4/h8-9H,5-7H2,1-4H3. The van der Waals surface area contributed by atoms with Gasteiger partial charge in [0, 0.05) is 25.3 Å². The zero-order valence-electron chi connectivity index (χ0n) is 10.9. The van der Waals surface area contributed by atoms with Gasteiger partial charge in [0.25, 0.3) is 0 Å². The largest absolute Gasteiger partial charge is 0.371 e. The van der Waals surface area contributed by atoms with Crippen LogP contribution in [0.2, 0.25) is 0 Å². The van der Waals surface area contributed by atoms with Gasteiger partial charge in [-0.05, 0) is 6.26 Å². The van der Waals surface area contributed by atoms with Crippen LogP contribution in [-0.4, -0.2) is 35.6 Å². The number of thioether (sulfide) groups is 1. The fourth-order valence-electron chi connectivity index (χ4n) is 1.47. The lowest BCUT2D eigenvalue weighted by Gasteiger charge is -2.21. The third-order valence-electron chi connectivity index (χ3n) is 2.55. The molecule has 0 aliphatic heterocycles. The van der Waals surface area contributed by atoms with Gasteiger partial charge in [0.15, 0.2) is 0 Å². The van der Waals surface area contributed by atoms with Crippen molar-refractivity contribution in [2.75, 3.05) is 30.5 Å². The average Bonchev–Trinajstić information content (AvgIpc) is 2.34. The number of hydrogen-bond donors (Lipinski definition) is 0. The lowest BCUT2D eigenvalue weighted by Crippen LogP contribution is -2.22. The lowest BCUT2D eigenvalue weighted by atomic mass is 10.2. The number of hydrogen-bond acceptors (Lipinski definition) is 4. The van der Waals surface area contributed by atoms with Gasteiger partial charge in [-0.3, -0.25) is 0 Å². The summed E-state index contributed by atoms with van der Waals surface area (Å²) in [6, 6.07) is 0. The van der Waals surface area contributed by atoms with E-state index in [1.54, 1.807) is 0 Å². The van der Waals surface area contributed by atoms with Crippen molar-refractivity contribution in [3.05, 3.63) is 17.7 Å². The molecule has 0 amide bonds. The van der Waals surface area contributed by atoms with Crippen LogP contribution in [0.15, 0.2) is 6.20 Å². The highest BCUT2D eigenvalue weighted by molar-refractivity contribution is 7.98. The van der Waals surface area contributed by atoms with Crippen molar-refractivity contribution in [3.8, 4) is 0 Å². The number of nitrogens with zero attached hydrogens (tertiary/aromatic N) is 3. The summed E-state index contributed by atoms with van der Waals surface area (Å²) in [5.74, 6) is 2.72. The van der Waals surface area contributed by atoms with Gasteiger partial charge in [-0.25, -0.2) is 9.97 Å². The van der Waals surface area contributed by atoms with E-state index in [9.17, 15) is 0 Å². The van der Waals surface area contributed by atoms with Crippen molar-refractivity contribution < 1.29 is 0 Å².